The zero-order valence-corrected chi connectivity index (χ0v) is 6.76. The molecule has 0 aliphatic carbocycles. The highest BCUT2D eigenvalue weighted by Crippen LogP contribution is 2.20. The van der Waals surface area contributed by atoms with Crippen LogP contribution < -0.4 is 5.32 Å². The number of allylic oxidation sites excluding steroid dienone is 1. The van der Waals surface area contributed by atoms with Crippen LogP contribution in [0.25, 0.3) is 0 Å². The van der Waals surface area contributed by atoms with E-state index >= 15 is 0 Å². The molecule has 1 saturated heterocycles. The van der Waals surface area contributed by atoms with Gasteiger partial charge in [0.25, 0.3) is 5.91 Å². The van der Waals surface area contributed by atoms with Crippen LogP contribution in [0.5, 0.6) is 0 Å². The number of carbonyl (C=O) groups excluding carboxylic acids is 2. The van der Waals surface area contributed by atoms with Crippen LogP contribution in [0, 0.1) is 5.89 Å². The van der Waals surface area contributed by atoms with Crippen molar-refractivity contribution in [3.8, 4) is 0 Å². The first-order chi connectivity index (χ1) is 11.6. The van der Waals surface area contributed by atoms with E-state index in [0.29, 0.717) is 0 Å². The number of ketones is 1. The van der Waals surface area contributed by atoms with Gasteiger partial charge in [-0.05, 0) is 12.7 Å². The van der Waals surface area contributed by atoms with Gasteiger partial charge in [0.1, 0.15) is 11.3 Å². The number of amides is 1. The smallest absolute Gasteiger partial charge is 0.259 e. The fourth-order valence-corrected chi connectivity index (χ4v) is 0.915. The number of Topliss-reactive ketones (excluding diaryl/α,β-unsaturated/α-hetero) is 1. The van der Waals surface area contributed by atoms with E-state index in [4.69, 9.17) is 17.8 Å². The van der Waals surface area contributed by atoms with Gasteiger partial charge in [0.05, 0.1) is 7.39 Å². The van der Waals surface area contributed by atoms with Gasteiger partial charge in [-0.25, -0.2) is 0 Å². The molecule has 0 saturated carbocycles. The number of rotatable bonds is 2. The highest BCUT2D eigenvalue weighted by atomic mass is 16.3. The van der Waals surface area contributed by atoms with Crippen LogP contribution >= 0.6 is 0 Å². The molecule has 2 N–H and O–H groups in total. The van der Waals surface area contributed by atoms with Crippen LogP contribution in [-0.2, 0) is 9.59 Å². The molecule has 0 spiro atoms. The molecular weight excluding hydrogens is 182 g/mol. The summed E-state index contributed by atoms with van der Waals surface area (Å²) in [5, 5.41) is 11.0. The molecule has 14 heavy (non-hydrogen) atoms. The van der Waals surface area contributed by atoms with Crippen molar-refractivity contribution in [2.75, 3.05) is 0 Å². The number of aliphatic hydroxyl groups excluding tert-OH is 1. The third-order valence-electron chi connectivity index (χ3n) is 1.53. The minimum atomic E-state index is -4.10. The highest BCUT2D eigenvalue weighted by Gasteiger charge is 2.39. The van der Waals surface area contributed by atoms with Gasteiger partial charge >= 0.3 is 0 Å². The van der Waals surface area contributed by atoms with Crippen molar-refractivity contribution in [2.24, 2.45) is 5.89 Å². The van der Waals surface area contributed by atoms with Crippen LogP contribution in [-0.4, -0.2) is 22.8 Å². The molecule has 1 fully saturated rings. The third kappa shape index (κ3) is 1.64. The topological polar surface area (TPSA) is 66.4 Å². The van der Waals surface area contributed by atoms with Gasteiger partial charge < -0.3 is 10.4 Å². The van der Waals surface area contributed by atoms with Gasteiger partial charge in [0.15, 0.2) is 5.78 Å². The van der Waals surface area contributed by atoms with Crippen LogP contribution in [0.1, 0.15) is 44.7 Å². The summed E-state index contributed by atoms with van der Waals surface area (Å²) in [6, 6.07) is -3.76. The Balaban J connectivity index is 3.88. The van der Waals surface area contributed by atoms with Gasteiger partial charge in [-0.15, -0.1) is 0 Å². The molecule has 1 aliphatic heterocycles. The normalized spacial score (nSPS) is 52.4. The predicted octanol–water partition coefficient (Wildman–Crippen LogP) is 0.932. The monoisotopic (exact) mass is 210 g/mol. The van der Waals surface area contributed by atoms with E-state index in [1.54, 1.807) is 0 Å². The maximum atomic E-state index is 12.5. The average Bonchev–Trinajstić information content (AvgIpc) is 2.64. The van der Waals surface area contributed by atoms with Crippen molar-refractivity contribution >= 4 is 11.7 Å². The van der Waals surface area contributed by atoms with Gasteiger partial charge in [-0.2, -0.15) is 0 Å². The summed E-state index contributed by atoms with van der Waals surface area (Å²) < 4.78 is 96.3. The number of carbonyl (C=O) groups is 2. The van der Waals surface area contributed by atoms with E-state index in [-0.39, 0.29) is 0 Å². The summed E-state index contributed by atoms with van der Waals surface area (Å²) in [5.41, 5.74) is -1.56. The van der Waals surface area contributed by atoms with Crippen molar-refractivity contribution in [3.05, 3.63) is 11.3 Å². The van der Waals surface area contributed by atoms with Crippen LogP contribution in [0.3, 0.4) is 0 Å². The Hall–Kier alpha value is -1.32. The Morgan fingerprint density at radius 3 is 3.29 bits per heavy atom. The number of hydrogen-bond donors (Lipinski definition) is 2. The molecule has 0 aromatic carbocycles. The van der Waals surface area contributed by atoms with Crippen molar-refractivity contribution in [1.82, 2.24) is 5.32 Å². The Morgan fingerprint density at radius 1 is 1.93 bits per heavy atom. The summed E-state index contributed by atoms with van der Waals surface area (Å²) in [6.07, 6.45) is -4.04. The summed E-state index contributed by atoms with van der Waals surface area (Å²) in [6.45, 7) is -11.2. The van der Waals surface area contributed by atoms with Crippen LogP contribution in [0.15, 0.2) is 11.3 Å². The standard InChI is InChI=1S/C10H15NO3/c1-4-5(2)8-9(13)7(6(3)12)10(14)11-8/h5,8,12H,4H2,1-3H3,(H,11,14)/t5?,8-/m0/s1/i1D3,2D3,3D3,4D2,5D,8D. The van der Waals surface area contributed by atoms with E-state index in [2.05, 4.69) is 0 Å². The lowest BCUT2D eigenvalue weighted by Gasteiger charge is -2.14. The quantitative estimate of drug-likeness (QED) is 0.405. The lowest BCUT2D eigenvalue weighted by Crippen LogP contribution is -2.35. The van der Waals surface area contributed by atoms with Crippen molar-refractivity contribution in [1.29, 1.82) is 0 Å². The predicted molar refractivity (Wildman–Crippen MR) is 51.7 cm³/mol. The Labute approximate surface area is 101 Å². The van der Waals surface area contributed by atoms with Crippen LogP contribution in [0.4, 0.5) is 0 Å². The highest BCUT2D eigenvalue weighted by molar-refractivity contribution is 6.26. The van der Waals surface area contributed by atoms with Crippen molar-refractivity contribution in [2.45, 2.75) is 32.9 Å². The molecule has 1 unspecified atom stereocenters. The Bertz CT molecular complexity index is 703. The van der Waals surface area contributed by atoms with E-state index in [0.717, 1.165) is 0 Å². The fourth-order valence-electron chi connectivity index (χ4n) is 0.915. The minimum absolute atomic E-state index is 1.38. The molecule has 0 radical (unpaired) electrons. The van der Waals surface area contributed by atoms with Crippen LogP contribution in [0.2, 0.25) is 0 Å². The summed E-state index contributed by atoms with van der Waals surface area (Å²) in [7, 11) is 0. The molecule has 0 bridgehead atoms. The fraction of sp³-hybridized carbons (Fsp3) is 0.600. The van der Waals surface area contributed by atoms with Gasteiger partial charge in [-0.1, -0.05) is 20.1 Å². The second-order valence-electron chi connectivity index (χ2n) is 2.38. The molecule has 4 nitrogen and oxygen atoms in total. The summed E-state index contributed by atoms with van der Waals surface area (Å²) >= 11 is 0. The maximum Gasteiger partial charge on any atom is 0.259 e. The summed E-state index contributed by atoms with van der Waals surface area (Å²) in [4.78, 5) is 24.5. The molecule has 1 aliphatic rings. The zero-order valence-electron chi connectivity index (χ0n) is 19.8. The van der Waals surface area contributed by atoms with Crippen molar-refractivity contribution < 1.29 is 32.5 Å². The van der Waals surface area contributed by atoms with E-state index < -0.39 is 61.9 Å². The molecule has 78 valence electrons. The van der Waals surface area contributed by atoms with E-state index in [1.165, 1.54) is 5.32 Å². The number of aliphatic hydroxyl groups is 1. The minimum Gasteiger partial charge on any atom is -0.512 e. The molecule has 0 aromatic rings. The van der Waals surface area contributed by atoms with Gasteiger partial charge in [0.2, 0.25) is 0 Å². The second-order valence-corrected chi connectivity index (χ2v) is 2.38. The molecular formula is C10H15NO3. The molecule has 1 rings (SSSR count). The molecule has 0 aromatic heterocycles. The molecule has 1 heterocycles. The number of hydrogen-bond acceptors (Lipinski definition) is 3. The molecule has 4 heteroatoms. The molecule has 1 amide bonds. The SMILES string of the molecule is [2H]C([2H])([2H])C(O)=C1C(=O)N[C@@]([2H])(C([2H])(C([2H])([2H])[2H])C([2H])([2H])C([2H])([2H])[2H])C1=O. The summed E-state index contributed by atoms with van der Waals surface area (Å²) in [5.74, 6) is -9.67. The third-order valence-corrected chi connectivity index (χ3v) is 1.53. The Kier molecular flexibility index (Phi) is 0.715. The first-order valence-corrected chi connectivity index (χ1v) is 3.38. The van der Waals surface area contributed by atoms with Gasteiger partial charge in [0, 0.05) is 16.4 Å². The average molecular weight is 210 g/mol. The first kappa shape index (κ1) is 2.62. The van der Waals surface area contributed by atoms with E-state index in [9.17, 15) is 14.7 Å². The zero-order chi connectivity index (χ0) is 22.0. The Morgan fingerprint density at radius 2 is 2.71 bits per heavy atom. The first-order valence-electron chi connectivity index (χ1n) is 9.88. The molecule has 2 atom stereocenters. The second kappa shape index (κ2) is 3.82. The lowest BCUT2D eigenvalue weighted by molar-refractivity contribution is -0.117. The van der Waals surface area contributed by atoms with E-state index in [1.807, 2.05) is 0 Å². The number of nitrogens with one attached hydrogen (secondary N) is 1. The lowest BCUT2D eigenvalue weighted by atomic mass is 9.95. The maximum absolute atomic E-state index is 12.5. The van der Waals surface area contributed by atoms with Crippen molar-refractivity contribution in [3.63, 3.8) is 0 Å². The largest absolute Gasteiger partial charge is 0.512 e. The van der Waals surface area contributed by atoms with Gasteiger partial charge in [-0.3, -0.25) is 9.59 Å².